The lowest BCUT2D eigenvalue weighted by atomic mass is 10.1. The Morgan fingerprint density at radius 3 is 2.75 bits per heavy atom. The summed E-state index contributed by atoms with van der Waals surface area (Å²) in [6.45, 7) is 2.25. The highest BCUT2D eigenvalue weighted by Crippen LogP contribution is 2.20. The number of unbranched alkanes of at least 4 members (excludes halogenated alkanes) is 2. The summed E-state index contributed by atoms with van der Waals surface area (Å²) >= 11 is 0. The number of aromatic carboxylic acids is 1. The lowest BCUT2D eigenvalue weighted by molar-refractivity contribution is 0.0698. The summed E-state index contributed by atoms with van der Waals surface area (Å²) in [5, 5.41) is 14.3. The number of carboxylic acid groups (broad SMARTS) is 1. The maximum absolute atomic E-state index is 11.7. The lowest BCUT2D eigenvalue weighted by Crippen LogP contribution is -2.30. The normalized spacial score (nSPS) is 9.60. The molecule has 1 aromatic carbocycles. The zero-order valence-electron chi connectivity index (χ0n) is 11.4. The first-order chi connectivity index (χ1) is 9.56. The molecular weight excluding hydrogens is 256 g/mol. The predicted molar refractivity (Wildman–Crippen MR) is 77.8 cm³/mol. The van der Waals surface area contributed by atoms with Crippen molar-refractivity contribution >= 4 is 17.7 Å². The molecule has 0 spiro atoms. The van der Waals surface area contributed by atoms with E-state index in [9.17, 15) is 9.59 Å². The number of hydrogen-bond acceptors (Lipinski definition) is 2. The number of carbonyl (C=O) groups excluding carboxylic acids is 1. The van der Waals surface area contributed by atoms with Gasteiger partial charge in [-0.15, -0.1) is 12.3 Å². The van der Waals surface area contributed by atoms with E-state index in [1.54, 1.807) is 19.1 Å². The summed E-state index contributed by atoms with van der Waals surface area (Å²) in [6.07, 6.45) is 7.45. The molecule has 0 aliphatic heterocycles. The number of para-hydroxylation sites is 1. The average Bonchev–Trinajstić information content (AvgIpc) is 2.40. The van der Waals surface area contributed by atoms with Crippen LogP contribution in [0, 0.1) is 19.3 Å². The van der Waals surface area contributed by atoms with Gasteiger partial charge < -0.3 is 15.7 Å². The maximum Gasteiger partial charge on any atom is 0.337 e. The molecule has 0 aromatic heterocycles. The highest BCUT2D eigenvalue weighted by Gasteiger charge is 2.13. The third kappa shape index (κ3) is 4.65. The molecular formula is C15H18N2O3. The lowest BCUT2D eigenvalue weighted by Gasteiger charge is -2.12. The fourth-order valence-corrected chi connectivity index (χ4v) is 1.72. The quantitative estimate of drug-likeness (QED) is 0.551. The van der Waals surface area contributed by atoms with Crippen molar-refractivity contribution < 1.29 is 14.7 Å². The number of hydrogen-bond donors (Lipinski definition) is 3. The molecule has 20 heavy (non-hydrogen) atoms. The minimum Gasteiger partial charge on any atom is -0.478 e. The number of carbonyl (C=O) groups is 2. The van der Waals surface area contributed by atoms with Crippen LogP contribution in [0.3, 0.4) is 0 Å². The van der Waals surface area contributed by atoms with E-state index < -0.39 is 12.0 Å². The first-order valence-electron chi connectivity index (χ1n) is 6.37. The molecule has 0 aliphatic rings. The molecule has 0 unspecified atom stereocenters. The van der Waals surface area contributed by atoms with Crippen LogP contribution in [0.4, 0.5) is 10.5 Å². The number of terminal acetylenes is 1. The molecule has 0 atom stereocenters. The second-order valence-electron chi connectivity index (χ2n) is 4.34. The van der Waals surface area contributed by atoms with Crippen LogP contribution in [-0.4, -0.2) is 23.7 Å². The first-order valence-corrected chi connectivity index (χ1v) is 6.37. The van der Waals surface area contributed by atoms with Gasteiger partial charge in [-0.2, -0.15) is 0 Å². The van der Waals surface area contributed by atoms with Crippen LogP contribution in [0.2, 0.25) is 0 Å². The zero-order chi connectivity index (χ0) is 15.0. The van der Waals surface area contributed by atoms with Gasteiger partial charge in [-0.1, -0.05) is 12.1 Å². The Kier molecular flexibility index (Phi) is 6.11. The molecule has 5 nitrogen and oxygen atoms in total. The molecule has 0 radical (unpaired) electrons. The molecule has 2 amide bonds. The van der Waals surface area contributed by atoms with E-state index in [2.05, 4.69) is 16.6 Å². The molecule has 106 valence electrons. The van der Waals surface area contributed by atoms with Gasteiger partial charge in [0.15, 0.2) is 0 Å². The summed E-state index contributed by atoms with van der Waals surface area (Å²) in [4.78, 5) is 22.8. The minimum atomic E-state index is -1.07. The van der Waals surface area contributed by atoms with Crippen molar-refractivity contribution in [3.63, 3.8) is 0 Å². The molecule has 1 aromatic rings. The molecule has 0 saturated heterocycles. The van der Waals surface area contributed by atoms with Crippen molar-refractivity contribution in [3.8, 4) is 12.3 Å². The number of rotatable bonds is 6. The summed E-state index contributed by atoms with van der Waals surface area (Å²) in [7, 11) is 0. The number of nitrogens with one attached hydrogen (secondary N) is 2. The van der Waals surface area contributed by atoms with Gasteiger partial charge in [0.25, 0.3) is 0 Å². The summed E-state index contributed by atoms with van der Waals surface area (Å²) in [6, 6.07) is 4.43. The number of anilines is 1. The number of aryl methyl sites for hydroxylation is 1. The molecule has 1 rings (SSSR count). The van der Waals surface area contributed by atoms with Crippen LogP contribution in [0.15, 0.2) is 18.2 Å². The highest BCUT2D eigenvalue weighted by atomic mass is 16.4. The van der Waals surface area contributed by atoms with Crippen molar-refractivity contribution in [2.75, 3.05) is 11.9 Å². The summed E-state index contributed by atoms with van der Waals surface area (Å²) in [5.41, 5.74) is 1.10. The van der Waals surface area contributed by atoms with Crippen molar-refractivity contribution in [1.82, 2.24) is 5.32 Å². The number of amides is 2. The summed E-state index contributed by atoms with van der Waals surface area (Å²) < 4.78 is 0. The Morgan fingerprint density at radius 2 is 2.10 bits per heavy atom. The van der Waals surface area contributed by atoms with E-state index in [1.165, 1.54) is 6.07 Å². The van der Waals surface area contributed by atoms with Gasteiger partial charge >= 0.3 is 12.0 Å². The van der Waals surface area contributed by atoms with E-state index in [-0.39, 0.29) is 5.56 Å². The third-order valence-corrected chi connectivity index (χ3v) is 2.78. The van der Waals surface area contributed by atoms with Crippen LogP contribution in [0.1, 0.15) is 35.2 Å². The molecule has 3 N–H and O–H groups in total. The molecule has 0 fully saturated rings. The minimum absolute atomic E-state index is 0.0764. The Balaban J connectivity index is 2.58. The van der Waals surface area contributed by atoms with Gasteiger partial charge in [-0.3, -0.25) is 0 Å². The van der Waals surface area contributed by atoms with Crippen molar-refractivity contribution in [2.45, 2.75) is 26.2 Å². The van der Waals surface area contributed by atoms with Crippen molar-refractivity contribution in [1.29, 1.82) is 0 Å². The summed E-state index contributed by atoms with van der Waals surface area (Å²) in [5.74, 6) is 1.46. The van der Waals surface area contributed by atoms with Crippen LogP contribution in [0.25, 0.3) is 0 Å². The number of carboxylic acids is 1. The van der Waals surface area contributed by atoms with E-state index in [0.29, 0.717) is 24.2 Å². The highest BCUT2D eigenvalue weighted by molar-refractivity contribution is 6.00. The fourth-order valence-electron chi connectivity index (χ4n) is 1.72. The monoisotopic (exact) mass is 274 g/mol. The molecule has 0 heterocycles. The number of benzene rings is 1. The molecule has 0 aliphatic carbocycles. The van der Waals surface area contributed by atoms with Gasteiger partial charge in [0, 0.05) is 13.0 Å². The van der Waals surface area contributed by atoms with Crippen LogP contribution >= 0.6 is 0 Å². The van der Waals surface area contributed by atoms with E-state index in [1.807, 2.05) is 0 Å². The predicted octanol–water partition coefficient (Wildman–Crippen LogP) is 2.62. The molecule has 5 heteroatoms. The Hall–Kier alpha value is -2.48. The van der Waals surface area contributed by atoms with Gasteiger partial charge in [0.1, 0.15) is 0 Å². The number of urea groups is 1. The standard InChI is InChI=1S/C15H18N2O3/c1-3-4-5-6-10-16-15(20)17-13-11(2)8-7-9-12(13)14(18)19/h1,7-9H,4-6,10H2,2H3,(H,18,19)(H2,16,17,20). The van der Waals surface area contributed by atoms with Crippen LogP contribution in [0.5, 0.6) is 0 Å². The van der Waals surface area contributed by atoms with E-state index in [0.717, 1.165) is 12.8 Å². The van der Waals surface area contributed by atoms with Crippen molar-refractivity contribution in [3.05, 3.63) is 29.3 Å². The van der Waals surface area contributed by atoms with Crippen LogP contribution in [-0.2, 0) is 0 Å². The second-order valence-corrected chi connectivity index (χ2v) is 4.34. The van der Waals surface area contributed by atoms with E-state index >= 15 is 0 Å². The largest absolute Gasteiger partial charge is 0.478 e. The maximum atomic E-state index is 11.7. The average molecular weight is 274 g/mol. The van der Waals surface area contributed by atoms with Gasteiger partial charge in [-0.05, 0) is 31.4 Å². The molecule has 0 saturated carbocycles. The third-order valence-electron chi connectivity index (χ3n) is 2.78. The Bertz CT molecular complexity index is 532. The van der Waals surface area contributed by atoms with E-state index in [4.69, 9.17) is 11.5 Å². The Morgan fingerprint density at radius 1 is 1.35 bits per heavy atom. The smallest absolute Gasteiger partial charge is 0.337 e. The fraction of sp³-hybridized carbons (Fsp3) is 0.333. The van der Waals surface area contributed by atoms with Gasteiger partial charge in [0.2, 0.25) is 0 Å². The van der Waals surface area contributed by atoms with Gasteiger partial charge in [0.05, 0.1) is 11.3 Å². The zero-order valence-corrected chi connectivity index (χ0v) is 11.4. The van der Waals surface area contributed by atoms with Gasteiger partial charge in [-0.25, -0.2) is 9.59 Å². The molecule has 0 bridgehead atoms. The van der Waals surface area contributed by atoms with Crippen molar-refractivity contribution in [2.24, 2.45) is 0 Å². The first kappa shape index (κ1) is 15.6. The topological polar surface area (TPSA) is 78.4 Å². The SMILES string of the molecule is C#CCCCCNC(=O)Nc1c(C)cccc1C(=O)O. The van der Waals surface area contributed by atoms with Crippen LogP contribution < -0.4 is 10.6 Å². The second kappa shape index (κ2) is 7.85. The Labute approximate surface area is 118 Å².